The van der Waals surface area contributed by atoms with Gasteiger partial charge in [0, 0.05) is 33.0 Å². The number of nitrogens with zero attached hydrogens (tertiary/aromatic N) is 2. The zero-order valence-corrected chi connectivity index (χ0v) is 13.0. The second-order valence-corrected chi connectivity index (χ2v) is 6.95. The summed E-state index contributed by atoms with van der Waals surface area (Å²) in [5.74, 6) is 0.0581. The number of nitrogens with one attached hydrogen (secondary N) is 1. The maximum Gasteiger partial charge on any atom is 0.182 e. The zero-order valence-electron chi connectivity index (χ0n) is 11.3. The lowest BCUT2D eigenvalue weighted by Crippen LogP contribution is -2.28. The first kappa shape index (κ1) is 16.2. The van der Waals surface area contributed by atoms with Crippen molar-refractivity contribution in [2.24, 2.45) is 0 Å². The van der Waals surface area contributed by atoms with Crippen LogP contribution in [0, 0.1) is 0 Å². The van der Waals surface area contributed by atoms with Crippen molar-refractivity contribution in [2.75, 3.05) is 57.7 Å². The molecule has 3 N–H and O–H groups in total. The van der Waals surface area contributed by atoms with Gasteiger partial charge in [-0.05, 0) is 18.6 Å². The SMILES string of the molecule is COCCN(C)CCNc1snc(N)c1S(C)(=O)=O. The molecule has 0 amide bonds. The average molecular weight is 308 g/mol. The molecule has 0 aliphatic carbocycles. The van der Waals surface area contributed by atoms with E-state index in [4.69, 9.17) is 10.5 Å². The van der Waals surface area contributed by atoms with Crippen molar-refractivity contribution in [3.63, 3.8) is 0 Å². The Morgan fingerprint density at radius 3 is 2.74 bits per heavy atom. The minimum atomic E-state index is -3.36. The first-order valence-electron chi connectivity index (χ1n) is 5.72. The molecule has 0 fully saturated rings. The van der Waals surface area contributed by atoms with Gasteiger partial charge in [0.1, 0.15) is 9.90 Å². The Labute approximate surface area is 117 Å². The highest BCUT2D eigenvalue weighted by atomic mass is 32.2. The average Bonchev–Trinajstić information content (AvgIpc) is 2.67. The van der Waals surface area contributed by atoms with Crippen LogP contribution in [0.3, 0.4) is 0 Å². The van der Waals surface area contributed by atoms with Crippen LogP contribution < -0.4 is 11.1 Å². The lowest BCUT2D eigenvalue weighted by atomic mass is 10.5. The van der Waals surface area contributed by atoms with Crippen LogP contribution in [0.4, 0.5) is 10.8 Å². The first-order chi connectivity index (χ1) is 8.86. The van der Waals surface area contributed by atoms with Crippen molar-refractivity contribution in [3.8, 4) is 0 Å². The summed E-state index contributed by atoms with van der Waals surface area (Å²) in [6, 6.07) is 0. The van der Waals surface area contributed by atoms with Crippen molar-refractivity contribution in [2.45, 2.75) is 4.90 Å². The number of aromatic nitrogens is 1. The number of methoxy groups -OCH3 is 1. The van der Waals surface area contributed by atoms with E-state index < -0.39 is 9.84 Å². The minimum absolute atomic E-state index is 0.0581. The van der Waals surface area contributed by atoms with Crippen LogP contribution in [-0.4, -0.2) is 64.3 Å². The number of hydrogen-bond donors (Lipinski definition) is 2. The second-order valence-electron chi connectivity index (χ2n) is 4.22. The molecule has 0 aliphatic heterocycles. The van der Waals surface area contributed by atoms with E-state index in [1.807, 2.05) is 7.05 Å². The fraction of sp³-hybridized carbons (Fsp3) is 0.700. The van der Waals surface area contributed by atoms with E-state index >= 15 is 0 Å². The highest BCUT2D eigenvalue weighted by Gasteiger charge is 2.20. The molecule has 0 saturated carbocycles. The minimum Gasteiger partial charge on any atom is -0.383 e. The lowest BCUT2D eigenvalue weighted by molar-refractivity contribution is 0.163. The highest BCUT2D eigenvalue weighted by molar-refractivity contribution is 7.91. The standard InChI is InChI=1S/C10H20N4O3S2/c1-14(6-7-17-2)5-4-12-10-8(19(3,15)16)9(11)13-18-10/h12H,4-7H2,1-3H3,(H2,11,13). The number of nitrogen functional groups attached to an aromatic ring is 1. The Kier molecular flexibility index (Phi) is 5.98. The molecule has 0 aliphatic rings. The number of ether oxygens (including phenoxy) is 1. The van der Waals surface area contributed by atoms with Gasteiger partial charge in [-0.15, -0.1) is 0 Å². The van der Waals surface area contributed by atoms with Crippen LogP contribution in [0.25, 0.3) is 0 Å². The Morgan fingerprint density at radius 2 is 2.16 bits per heavy atom. The number of anilines is 2. The zero-order chi connectivity index (χ0) is 14.5. The second kappa shape index (κ2) is 7.04. The molecule has 9 heteroatoms. The number of nitrogens with two attached hydrogens (primary N) is 1. The van der Waals surface area contributed by atoms with Gasteiger partial charge in [0.05, 0.1) is 6.61 Å². The molecule has 110 valence electrons. The van der Waals surface area contributed by atoms with E-state index in [-0.39, 0.29) is 10.7 Å². The quantitative estimate of drug-likeness (QED) is 0.704. The molecule has 7 nitrogen and oxygen atoms in total. The Balaban J connectivity index is 2.55. The van der Waals surface area contributed by atoms with Crippen molar-refractivity contribution in [1.82, 2.24) is 9.27 Å². The fourth-order valence-electron chi connectivity index (χ4n) is 1.48. The van der Waals surface area contributed by atoms with Gasteiger partial charge < -0.3 is 20.7 Å². The predicted molar refractivity (Wildman–Crippen MR) is 77.5 cm³/mol. The molecule has 0 atom stereocenters. The lowest BCUT2D eigenvalue weighted by Gasteiger charge is -2.16. The summed E-state index contributed by atoms with van der Waals surface area (Å²) in [5, 5.41) is 3.56. The molecule has 0 radical (unpaired) electrons. The van der Waals surface area contributed by atoms with Gasteiger partial charge in [0.15, 0.2) is 15.7 Å². The third kappa shape index (κ3) is 4.94. The molecule has 0 unspecified atom stereocenters. The first-order valence-corrected chi connectivity index (χ1v) is 8.39. The molecule has 1 rings (SSSR count). The van der Waals surface area contributed by atoms with Crippen molar-refractivity contribution < 1.29 is 13.2 Å². The molecule has 0 saturated heterocycles. The molecular weight excluding hydrogens is 288 g/mol. The fourth-order valence-corrected chi connectivity index (χ4v) is 3.58. The number of sulfone groups is 1. The van der Waals surface area contributed by atoms with Gasteiger partial charge in [-0.2, -0.15) is 4.37 Å². The molecule has 0 bridgehead atoms. The summed E-state index contributed by atoms with van der Waals surface area (Å²) in [6.45, 7) is 2.87. The third-order valence-corrected chi connectivity index (χ3v) is 4.60. The van der Waals surface area contributed by atoms with Crippen LogP contribution in [0.15, 0.2) is 4.90 Å². The molecule has 1 heterocycles. The molecular formula is C10H20N4O3S2. The van der Waals surface area contributed by atoms with Crippen molar-refractivity contribution in [1.29, 1.82) is 0 Å². The van der Waals surface area contributed by atoms with Crippen LogP contribution in [0.1, 0.15) is 0 Å². The molecule has 0 aromatic carbocycles. The third-order valence-electron chi connectivity index (χ3n) is 2.50. The molecule has 0 spiro atoms. The molecule has 19 heavy (non-hydrogen) atoms. The Bertz CT molecular complexity index is 501. The van der Waals surface area contributed by atoms with Gasteiger partial charge in [0.25, 0.3) is 0 Å². The van der Waals surface area contributed by atoms with Gasteiger partial charge in [-0.3, -0.25) is 0 Å². The predicted octanol–water partition coefficient (Wildman–Crippen LogP) is 0.119. The van der Waals surface area contributed by atoms with E-state index in [0.29, 0.717) is 18.2 Å². The van der Waals surface area contributed by atoms with Crippen LogP contribution in [-0.2, 0) is 14.6 Å². The van der Waals surface area contributed by atoms with E-state index in [1.54, 1.807) is 7.11 Å². The Morgan fingerprint density at radius 1 is 1.47 bits per heavy atom. The van der Waals surface area contributed by atoms with E-state index in [1.165, 1.54) is 0 Å². The normalized spacial score (nSPS) is 12.0. The highest BCUT2D eigenvalue weighted by Crippen LogP contribution is 2.30. The van der Waals surface area contributed by atoms with E-state index in [2.05, 4.69) is 14.6 Å². The van der Waals surface area contributed by atoms with Gasteiger partial charge in [-0.1, -0.05) is 0 Å². The summed E-state index contributed by atoms with van der Waals surface area (Å²) < 4.78 is 32.0. The maximum atomic E-state index is 11.6. The summed E-state index contributed by atoms with van der Waals surface area (Å²) in [5.41, 5.74) is 5.58. The van der Waals surface area contributed by atoms with Crippen LogP contribution in [0.5, 0.6) is 0 Å². The van der Waals surface area contributed by atoms with Gasteiger partial charge in [0.2, 0.25) is 0 Å². The van der Waals surface area contributed by atoms with Gasteiger partial charge in [-0.25, -0.2) is 8.42 Å². The number of rotatable bonds is 8. The summed E-state index contributed by atoms with van der Waals surface area (Å²) in [7, 11) is 0.270. The maximum absolute atomic E-state index is 11.6. The van der Waals surface area contributed by atoms with Crippen molar-refractivity contribution in [3.05, 3.63) is 0 Å². The molecule has 1 aromatic heterocycles. The monoisotopic (exact) mass is 308 g/mol. The summed E-state index contributed by atoms with van der Waals surface area (Å²) >= 11 is 1.06. The summed E-state index contributed by atoms with van der Waals surface area (Å²) in [6.07, 6.45) is 1.13. The largest absolute Gasteiger partial charge is 0.383 e. The smallest absolute Gasteiger partial charge is 0.182 e. The Hall–Kier alpha value is -0.900. The topological polar surface area (TPSA) is 97.5 Å². The summed E-state index contributed by atoms with van der Waals surface area (Å²) in [4.78, 5) is 2.18. The number of likely N-dealkylation sites (N-methyl/N-ethyl adjacent to an activating group) is 1. The van der Waals surface area contributed by atoms with Gasteiger partial charge >= 0.3 is 0 Å². The number of hydrogen-bond acceptors (Lipinski definition) is 8. The van der Waals surface area contributed by atoms with Crippen LogP contribution in [0.2, 0.25) is 0 Å². The van der Waals surface area contributed by atoms with Crippen molar-refractivity contribution >= 4 is 32.2 Å². The van der Waals surface area contributed by atoms with E-state index in [9.17, 15) is 8.42 Å². The van der Waals surface area contributed by atoms with E-state index in [0.717, 1.165) is 30.9 Å². The van der Waals surface area contributed by atoms with Crippen LogP contribution >= 0.6 is 11.5 Å². The molecule has 1 aromatic rings.